The number of aryl methyl sites for hydroxylation is 3. The standard InChI is InChI=1S/C16H18FN/c1-10-4-5-15(12(3)6-10)16(18)13-7-11(2)8-14(17)9-13/h4-9,16H,18H2,1-3H3. The second-order valence-electron chi connectivity index (χ2n) is 4.90. The Bertz CT molecular complexity index is 555. The van der Waals surface area contributed by atoms with Gasteiger partial charge in [-0.2, -0.15) is 0 Å². The van der Waals surface area contributed by atoms with Gasteiger partial charge in [-0.1, -0.05) is 29.8 Å². The van der Waals surface area contributed by atoms with Gasteiger partial charge >= 0.3 is 0 Å². The molecule has 0 heterocycles. The predicted octanol–water partition coefficient (Wildman–Crippen LogP) is 3.80. The van der Waals surface area contributed by atoms with Gasteiger partial charge in [-0.3, -0.25) is 0 Å². The molecule has 2 aromatic rings. The molecular weight excluding hydrogens is 225 g/mol. The highest BCUT2D eigenvalue weighted by molar-refractivity contribution is 5.39. The summed E-state index contributed by atoms with van der Waals surface area (Å²) in [6.45, 7) is 5.96. The molecule has 0 amide bonds. The smallest absolute Gasteiger partial charge is 0.123 e. The molecule has 2 rings (SSSR count). The molecule has 0 fully saturated rings. The molecule has 0 aliphatic rings. The van der Waals surface area contributed by atoms with Crippen LogP contribution in [0.15, 0.2) is 36.4 Å². The quantitative estimate of drug-likeness (QED) is 0.853. The lowest BCUT2D eigenvalue weighted by Crippen LogP contribution is -2.13. The summed E-state index contributed by atoms with van der Waals surface area (Å²) in [6.07, 6.45) is 0. The van der Waals surface area contributed by atoms with E-state index in [1.54, 1.807) is 0 Å². The minimum absolute atomic E-state index is 0.231. The van der Waals surface area contributed by atoms with Gasteiger partial charge in [0.05, 0.1) is 6.04 Å². The molecule has 18 heavy (non-hydrogen) atoms. The summed E-state index contributed by atoms with van der Waals surface area (Å²) >= 11 is 0. The Kier molecular flexibility index (Phi) is 3.48. The van der Waals surface area contributed by atoms with Crippen molar-refractivity contribution >= 4 is 0 Å². The van der Waals surface area contributed by atoms with Crippen molar-refractivity contribution < 1.29 is 4.39 Å². The van der Waals surface area contributed by atoms with E-state index in [2.05, 4.69) is 13.0 Å². The molecule has 0 spiro atoms. The summed E-state index contributed by atoms with van der Waals surface area (Å²) in [5, 5.41) is 0. The number of hydrogen-bond acceptors (Lipinski definition) is 1. The maximum atomic E-state index is 13.4. The summed E-state index contributed by atoms with van der Waals surface area (Å²) in [5.41, 5.74) is 11.3. The molecule has 0 aliphatic carbocycles. The minimum Gasteiger partial charge on any atom is -0.320 e. The van der Waals surface area contributed by atoms with Gasteiger partial charge in [0.15, 0.2) is 0 Å². The van der Waals surface area contributed by atoms with Crippen molar-refractivity contribution in [3.05, 3.63) is 70.0 Å². The molecule has 94 valence electrons. The van der Waals surface area contributed by atoms with Crippen molar-refractivity contribution in [2.45, 2.75) is 26.8 Å². The van der Waals surface area contributed by atoms with Crippen LogP contribution in [-0.2, 0) is 0 Å². The van der Waals surface area contributed by atoms with Crippen molar-refractivity contribution in [3.8, 4) is 0 Å². The number of halogens is 1. The van der Waals surface area contributed by atoms with Crippen LogP contribution in [0.4, 0.5) is 4.39 Å². The highest BCUT2D eigenvalue weighted by atomic mass is 19.1. The van der Waals surface area contributed by atoms with Crippen LogP contribution in [-0.4, -0.2) is 0 Å². The third-order valence-electron chi connectivity index (χ3n) is 3.18. The Morgan fingerprint density at radius 1 is 0.944 bits per heavy atom. The maximum Gasteiger partial charge on any atom is 0.123 e. The Morgan fingerprint density at radius 3 is 2.28 bits per heavy atom. The Balaban J connectivity index is 2.44. The second kappa shape index (κ2) is 4.91. The zero-order chi connectivity index (χ0) is 13.3. The average Bonchev–Trinajstić information content (AvgIpc) is 2.26. The fourth-order valence-electron chi connectivity index (χ4n) is 2.30. The van der Waals surface area contributed by atoms with E-state index < -0.39 is 0 Å². The largest absolute Gasteiger partial charge is 0.320 e. The van der Waals surface area contributed by atoms with Crippen molar-refractivity contribution in [3.63, 3.8) is 0 Å². The molecule has 0 aromatic heterocycles. The van der Waals surface area contributed by atoms with Crippen LogP contribution in [0.3, 0.4) is 0 Å². The number of hydrogen-bond donors (Lipinski definition) is 1. The molecule has 1 nitrogen and oxygen atoms in total. The van der Waals surface area contributed by atoms with Crippen LogP contribution in [0, 0.1) is 26.6 Å². The number of nitrogens with two attached hydrogens (primary N) is 1. The molecule has 2 heteroatoms. The van der Waals surface area contributed by atoms with E-state index in [-0.39, 0.29) is 11.9 Å². The van der Waals surface area contributed by atoms with Gasteiger partial charge in [-0.25, -0.2) is 4.39 Å². The van der Waals surface area contributed by atoms with E-state index in [9.17, 15) is 4.39 Å². The highest BCUT2D eigenvalue weighted by Crippen LogP contribution is 2.24. The molecule has 0 aliphatic heterocycles. The monoisotopic (exact) mass is 243 g/mol. The molecule has 0 saturated carbocycles. The fraction of sp³-hybridized carbons (Fsp3) is 0.250. The van der Waals surface area contributed by atoms with Gasteiger partial charge in [0, 0.05) is 0 Å². The first kappa shape index (κ1) is 12.8. The average molecular weight is 243 g/mol. The summed E-state index contributed by atoms with van der Waals surface area (Å²) in [4.78, 5) is 0. The summed E-state index contributed by atoms with van der Waals surface area (Å²) in [7, 11) is 0. The third-order valence-corrected chi connectivity index (χ3v) is 3.18. The van der Waals surface area contributed by atoms with E-state index in [0.29, 0.717) is 0 Å². The second-order valence-corrected chi connectivity index (χ2v) is 4.90. The molecule has 1 unspecified atom stereocenters. The van der Waals surface area contributed by atoms with E-state index in [1.165, 1.54) is 17.7 Å². The predicted molar refractivity (Wildman–Crippen MR) is 73.1 cm³/mol. The van der Waals surface area contributed by atoms with Gasteiger partial charge in [-0.15, -0.1) is 0 Å². The molecular formula is C16H18FN. The molecule has 0 saturated heterocycles. The summed E-state index contributed by atoms with van der Waals surface area (Å²) in [5.74, 6) is -0.231. The van der Waals surface area contributed by atoms with Gasteiger partial charge in [0.2, 0.25) is 0 Å². The lowest BCUT2D eigenvalue weighted by molar-refractivity contribution is 0.622. The lowest BCUT2D eigenvalue weighted by Gasteiger charge is -2.16. The van der Waals surface area contributed by atoms with E-state index in [4.69, 9.17) is 5.73 Å². The third kappa shape index (κ3) is 2.59. The SMILES string of the molecule is Cc1cc(F)cc(C(N)c2ccc(C)cc2C)c1. The molecule has 2 N–H and O–H groups in total. The first-order valence-corrected chi connectivity index (χ1v) is 6.07. The normalized spacial score (nSPS) is 12.5. The van der Waals surface area contributed by atoms with E-state index >= 15 is 0 Å². The highest BCUT2D eigenvalue weighted by Gasteiger charge is 2.12. The Labute approximate surface area is 107 Å². The van der Waals surface area contributed by atoms with Crippen LogP contribution in [0.2, 0.25) is 0 Å². The fourth-order valence-corrected chi connectivity index (χ4v) is 2.30. The van der Waals surface area contributed by atoms with Crippen molar-refractivity contribution in [1.82, 2.24) is 0 Å². The Hall–Kier alpha value is -1.67. The van der Waals surface area contributed by atoms with Crippen LogP contribution in [0.5, 0.6) is 0 Å². The van der Waals surface area contributed by atoms with Gasteiger partial charge in [-0.05, 0) is 55.2 Å². The summed E-state index contributed by atoms with van der Waals surface area (Å²) in [6, 6.07) is 10.8. The summed E-state index contributed by atoms with van der Waals surface area (Å²) < 4.78 is 13.4. The van der Waals surface area contributed by atoms with Crippen LogP contribution in [0.25, 0.3) is 0 Å². The van der Waals surface area contributed by atoms with Gasteiger partial charge in [0.25, 0.3) is 0 Å². The van der Waals surface area contributed by atoms with Crippen molar-refractivity contribution in [1.29, 1.82) is 0 Å². The molecule has 2 aromatic carbocycles. The lowest BCUT2D eigenvalue weighted by atomic mass is 9.94. The van der Waals surface area contributed by atoms with Crippen molar-refractivity contribution in [2.75, 3.05) is 0 Å². The van der Waals surface area contributed by atoms with Crippen LogP contribution in [0.1, 0.15) is 33.9 Å². The zero-order valence-corrected chi connectivity index (χ0v) is 11.0. The first-order valence-electron chi connectivity index (χ1n) is 6.07. The number of benzene rings is 2. The molecule has 0 radical (unpaired) electrons. The topological polar surface area (TPSA) is 26.0 Å². The van der Waals surface area contributed by atoms with E-state index in [0.717, 1.165) is 22.3 Å². The molecule has 1 atom stereocenters. The minimum atomic E-state index is -0.278. The van der Waals surface area contributed by atoms with Crippen LogP contribution < -0.4 is 5.73 Å². The maximum absolute atomic E-state index is 13.4. The Morgan fingerprint density at radius 2 is 1.67 bits per heavy atom. The molecule has 0 bridgehead atoms. The van der Waals surface area contributed by atoms with Gasteiger partial charge in [0.1, 0.15) is 5.82 Å². The van der Waals surface area contributed by atoms with Gasteiger partial charge < -0.3 is 5.73 Å². The zero-order valence-electron chi connectivity index (χ0n) is 11.0. The van der Waals surface area contributed by atoms with Crippen LogP contribution >= 0.6 is 0 Å². The van der Waals surface area contributed by atoms with E-state index in [1.807, 2.05) is 32.0 Å². The number of rotatable bonds is 2. The van der Waals surface area contributed by atoms with Crippen molar-refractivity contribution in [2.24, 2.45) is 5.73 Å². The first-order chi connectivity index (χ1) is 8.47.